The summed E-state index contributed by atoms with van der Waals surface area (Å²) in [4.78, 5) is 0. The molecule has 2 aromatic heterocycles. The van der Waals surface area contributed by atoms with E-state index in [1.165, 1.54) is 11.8 Å². The Morgan fingerprint density at radius 3 is 2.71 bits per heavy atom. The lowest BCUT2D eigenvalue weighted by molar-refractivity contribution is 0.415. The topological polar surface area (TPSA) is 105 Å². The highest BCUT2D eigenvalue weighted by Crippen LogP contribution is 2.39. The first-order valence-corrected chi connectivity index (χ1v) is 8.53. The molecule has 1 fully saturated rings. The van der Waals surface area contributed by atoms with Crippen LogP contribution < -0.4 is 10.5 Å². The zero-order valence-corrected chi connectivity index (χ0v) is 13.9. The molecule has 1 aliphatic carbocycles. The zero-order valence-electron chi connectivity index (χ0n) is 13.0. The number of ether oxygens (including phenoxy) is 1. The van der Waals surface area contributed by atoms with Crippen molar-refractivity contribution in [3.05, 3.63) is 30.2 Å². The molecule has 0 amide bonds. The van der Waals surface area contributed by atoms with Gasteiger partial charge >= 0.3 is 0 Å². The van der Waals surface area contributed by atoms with Crippen molar-refractivity contribution < 1.29 is 9.15 Å². The monoisotopic (exact) mass is 344 g/mol. The van der Waals surface area contributed by atoms with Gasteiger partial charge in [-0.05, 0) is 37.1 Å². The molecule has 0 bridgehead atoms. The molecule has 1 aliphatic rings. The van der Waals surface area contributed by atoms with Crippen LogP contribution in [0.1, 0.15) is 24.8 Å². The van der Waals surface area contributed by atoms with Gasteiger partial charge in [0.05, 0.1) is 12.9 Å². The quantitative estimate of drug-likeness (QED) is 0.680. The summed E-state index contributed by atoms with van der Waals surface area (Å²) in [6.07, 6.45) is 2.25. The van der Waals surface area contributed by atoms with E-state index in [0.29, 0.717) is 29.5 Å². The molecule has 9 heteroatoms. The average molecular weight is 344 g/mol. The van der Waals surface area contributed by atoms with Crippen molar-refractivity contribution in [1.82, 2.24) is 25.0 Å². The first kappa shape index (κ1) is 15.0. The van der Waals surface area contributed by atoms with E-state index in [2.05, 4.69) is 20.4 Å². The van der Waals surface area contributed by atoms with Crippen molar-refractivity contribution in [3.63, 3.8) is 0 Å². The summed E-state index contributed by atoms with van der Waals surface area (Å²) < 4.78 is 12.8. The number of aromatic nitrogens is 5. The van der Waals surface area contributed by atoms with Gasteiger partial charge in [-0.2, -0.15) is 0 Å². The van der Waals surface area contributed by atoms with E-state index >= 15 is 0 Å². The molecule has 0 spiro atoms. The van der Waals surface area contributed by atoms with Crippen LogP contribution in [-0.4, -0.2) is 32.1 Å². The van der Waals surface area contributed by atoms with Gasteiger partial charge in [-0.1, -0.05) is 11.8 Å². The fraction of sp³-hybridized carbons (Fsp3) is 0.333. The maximum absolute atomic E-state index is 5.87. The van der Waals surface area contributed by atoms with Gasteiger partial charge in [-0.15, -0.1) is 20.4 Å². The Balaban J connectivity index is 1.45. The van der Waals surface area contributed by atoms with Gasteiger partial charge in [0.1, 0.15) is 5.75 Å². The number of methoxy groups -OCH3 is 1. The van der Waals surface area contributed by atoms with Crippen molar-refractivity contribution in [2.24, 2.45) is 0 Å². The summed E-state index contributed by atoms with van der Waals surface area (Å²) in [5.41, 5.74) is 6.72. The van der Waals surface area contributed by atoms with E-state index in [1.807, 2.05) is 28.8 Å². The Morgan fingerprint density at radius 2 is 2.00 bits per heavy atom. The van der Waals surface area contributed by atoms with E-state index in [9.17, 15) is 0 Å². The first-order chi connectivity index (χ1) is 11.7. The van der Waals surface area contributed by atoms with Crippen LogP contribution in [0.25, 0.3) is 11.5 Å². The molecule has 0 radical (unpaired) electrons. The van der Waals surface area contributed by atoms with E-state index in [4.69, 9.17) is 14.9 Å². The third-order valence-electron chi connectivity index (χ3n) is 3.73. The Labute approximate surface area is 142 Å². The van der Waals surface area contributed by atoms with Crippen LogP contribution in [0, 0.1) is 0 Å². The second-order valence-electron chi connectivity index (χ2n) is 5.46. The summed E-state index contributed by atoms with van der Waals surface area (Å²) in [6, 6.07) is 7.91. The Kier molecular flexibility index (Phi) is 3.85. The molecule has 2 N–H and O–H groups in total. The third-order valence-corrected chi connectivity index (χ3v) is 4.66. The van der Waals surface area contributed by atoms with E-state index in [-0.39, 0.29) is 0 Å². The second-order valence-corrected chi connectivity index (χ2v) is 6.40. The van der Waals surface area contributed by atoms with Crippen molar-refractivity contribution in [1.29, 1.82) is 0 Å². The molecular formula is C15H16N6O2S. The van der Waals surface area contributed by atoms with Crippen LogP contribution in [-0.2, 0) is 5.75 Å². The van der Waals surface area contributed by atoms with Crippen molar-refractivity contribution in [3.8, 4) is 17.2 Å². The van der Waals surface area contributed by atoms with E-state index < -0.39 is 0 Å². The number of hydrogen-bond acceptors (Lipinski definition) is 8. The molecule has 1 aromatic carbocycles. The van der Waals surface area contributed by atoms with Crippen LogP contribution in [0.15, 0.2) is 33.8 Å². The zero-order chi connectivity index (χ0) is 16.5. The fourth-order valence-electron chi connectivity index (χ4n) is 2.35. The lowest BCUT2D eigenvalue weighted by Gasteiger charge is -2.04. The molecule has 1 saturated carbocycles. The number of rotatable bonds is 6. The molecule has 0 unspecified atom stereocenters. The lowest BCUT2D eigenvalue weighted by Crippen LogP contribution is -2.02. The van der Waals surface area contributed by atoms with Crippen LogP contribution in [0.3, 0.4) is 0 Å². The Morgan fingerprint density at radius 1 is 1.21 bits per heavy atom. The molecule has 0 saturated heterocycles. The highest BCUT2D eigenvalue weighted by molar-refractivity contribution is 7.98. The summed E-state index contributed by atoms with van der Waals surface area (Å²) in [6.45, 7) is 0. The number of nitrogen functional groups attached to an aromatic ring is 1. The molecule has 0 atom stereocenters. The molecule has 24 heavy (non-hydrogen) atoms. The van der Waals surface area contributed by atoms with E-state index in [0.717, 1.165) is 29.3 Å². The predicted octanol–water partition coefficient (Wildman–Crippen LogP) is 2.55. The SMILES string of the molecule is COc1ccc(-c2nnc(CSc3nnc(N)n3C3CC3)o2)cc1. The normalized spacial score (nSPS) is 14.0. The van der Waals surface area contributed by atoms with Crippen LogP contribution >= 0.6 is 11.8 Å². The van der Waals surface area contributed by atoms with Gasteiger partial charge in [-0.25, -0.2) is 0 Å². The molecule has 3 aromatic rings. The molecule has 124 valence electrons. The minimum Gasteiger partial charge on any atom is -0.497 e. The summed E-state index contributed by atoms with van der Waals surface area (Å²) in [5.74, 6) is 2.79. The second kappa shape index (κ2) is 6.16. The van der Waals surface area contributed by atoms with Gasteiger partial charge in [-0.3, -0.25) is 4.57 Å². The van der Waals surface area contributed by atoms with Gasteiger partial charge in [0.15, 0.2) is 5.16 Å². The fourth-order valence-corrected chi connectivity index (χ4v) is 3.20. The highest BCUT2D eigenvalue weighted by Gasteiger charge is 2.29. The van der Waals surface area contributed by atoms with E-state index in [1.54, 1.807) is 7.11 Å². The number of hydrogen-bond donors (Lipinski definition) is 1. The average Bonchev–Trinajstić information content (AvgIpc) is 3.21. The maximum Gasteiger partial charge on any atom is 0.247 e. The van der Waals surface area contributed by atoms with Gasteiger partial charge in [0.2, 0.25) is 17.7 Å². The summed E-state index contributed by atoms with van der Waals surface area (Å²) >= 11 is 1.50. The molecule has 2 heterocycles. The molecule has 8 nitrogen and oxygen atoms in total. The number of benzene rings is 1. The highest BCUT2D eigenvalue weighted by atomic mass is 32.2. The predicted molar refractivity (Wildman–Crippen MR) is 88.6 cm³/mol. The van der Waals surface area contributed by atoms with Gasteiger partial charge < -0.3 is 14.9 Å². The minimum absolute atomic E-state index is 0.431. The lowest BCUT2D eigenvalue weighted by atomic mass is 10.2. The third kappa shape index (κ3) is 2.94. The maximum atomic E-state index is 5.87. The number of thioether (sulfide) groups is 1. The summed E-state index contributed by atoms with van der Waals surface area (Å²) in [7, 11) is 1.63. The minimum atomic E-state index is 0.431. The smallest absolute Gasteiger partial charge is 0.247 e. The van der Waals surface area contributed by atoms with Crippen molar-refractivity contribution in [2.75, 3.05) is 12.8 Å². The van der Waals surface area contributed by atoms with Crippen molar-refractivity contribution >= 4 is 17.7 Å². The van der Waals surface area contributed by atoms with Crippen molar-refractivity contribution in [2.45, 2.75) is 29.8 Å². The first-order valence-electron chi connectivity index (χ1n) is 7.54. The summed E-state index contributed by atoms with van der Waals surface area (Å²) in [5, 5.41) is 17.0. The van der Waals surface area contributed by atoms with Crippen LogP contribution in [0.5, 0.6) is 5.75 Å². The Hall–Kier alpha value is -2.55. The molecule has 4 rings (SSSR count). The molecule has 0 aliphatic heterocycles. The Bertz CT molecular complexity index is 840. The number of nitrogens with two attached hydrogens (primary N) is 1. The van der Waals surface area contributed by atoms with Crippen LogP contribution in [0.4, 0.5) is 5.95 Å². The van der Waals surface area contributed by atoms with Gasteiger partial charge in [0, 0.05) is 11.6 Å². The number of nitrogens with zero attached hydrogens (tertiary/aromatic N) is 5. The largest absolute Gasteiger partial charge is 0.497 e. The standard InChI is InChI=1S/C15H16N6O2S/c1-22-11-6-2-9(3-7-11)13-18-17-12(23-13)8-24-15-20-19-14(16)21(15)10-4-5-10/h2-3,6-7,10H,4-5,8H2,1H3,(H2,16,19). The number of anilines is 1. The molecular weight excluding hydrogens is 328 g/mol. The van der Waals surface area contributed by atoms with Crippen LogP contribution in [0.2, 0.25) is 0 Å². The van der Waals surface area contributed by atoms with Gasteiger partial charge in [0.25, 0.3) is 0 Å².